The number of piperazine rings is 1. The van der Waals surface area contributed by atoms with Crippen LogP contribution in [0, 0.1) is 6.92 Å². The summed E-state index contributed by atoms with van der Waals surface area (Å²) in [5.41, 5.74) is 0.910. The molecule has 1 aromatic heterocycles. The Kier molecular flexibility index (Phi) is 6.39. The van der Waals surface area contributed by atoms with Crippen LogP contribution in [0.25, 0.3) is 0 Å². The number of carbonyl (C=O) groups is 2. The Labute approximate surface area is 162 Å². The monoisotopic (exact) mass is 375 g/mol. The molecule has 1 aliphatic heterocycles. The number of nitrogens with zero attached hydrogens (tertiary/aromatic N) is 4. The third-order valence-electron chi connectivity index (χ3n) is 5.82. The van der Waals surface area contributed by atoms with Crippen LogP contribution in [0.15, 0.2) is 6.07 Å². The molecule has 1 aromatic rings. The second kappa shape index (κ2) is 8.76. The number of unbranched alkanes of at least 4 members (excludes halogenated alkanes) is 1. The van der Waals surface area contributed by atoms with Gasteiger partial charge in [-0.25, -0.2) is 9.48 Å². The first kappa shape index (κ1) is 19.7. The van der Waals surface area contributed by atoms with Crippen LogP contribution < -0.4 is 5.32 Å². The van der Waals surface area contributed by atoms with Gasteiger partial charge >= 0.3 is 6.03 Å². The van der Waals surface area contributed by atoms with Gasteiger partial charge < -0.3 is 9.80 Å². The number of rotatable bonds is 5. The second-order valence-electron chi connectivity index (χ2n) is 7.95. The van der Waals surface area contributed by atoms with Crippen molar-refractivity contribution in [3.8, 4) is 0 Å². The molecule has 0 unspecified atom stereocenters. The van der Waals surface area contributed by atoms with Crippen LogP contribution in [0.1, 0.15) is 70.0 Å². The molecule has 3 rings (SSSR count). The van der Waals surface area contributed by atoms with Crippen molar-refractivity contribution in [2.45, 2.75) is 77.3 Å². The predicted molar refractivity (Wildman–Crippen MR) is 106 cm³/mol. The van der Waals surface area contributed by atoms with Gasteiger partial charge in [0.05, 0.1) is 11.7 Å². The van der Waals surface area contributed by atoms with Crippen molar-refractivity contribution in [2.75, 3.05) is 25.5 Å². The van der Waals surface area contributed by atoms with Crippen LogP contribution >= 0.6 is 0 Å². The van der Waals surface area contributed by atoms with Gasteiger partial charge in [0.15, 0.2) is 0 Å². The number of anilines is 1. The predicted octanol–water partition coefficient (Wildman–Crippen LogP) is 3.56. The molecule has 0 spiro atoms. The molecule has 7 heteroatoms. The maximum atomic E-state index is 13.0. The van der Waals surface area contributed by atoms with Gasteiger partial charge in [-0.1, -0.05) is 39.0 Å². The third kappa shape index (κ3) is 4.45. The van der Waals surface area contributed by atoms with E-state index >= 15 is 0 Å². The summed E-state index contributed by atoms with van der Waals surface area (Å²) in [6.07, 6.45) is 8.58. The van der Waals surface area contributed by atoms with Gasteiger partial charge in [-0.3, -0.25) is 10.1 Å². The molecule has 0 radical (unpaired) electrons. The van der Waals surface area contributed by atoms with Gasteiger partial charge in [0, 0.05) is 26.2 Å². The number of aryl methyl sites for hydroxylation is 1. The molecule has 0 aromatic carbocycles. The highest BCUT2D eigenvalue weighted by molar-refractivity contribution is 5.94. The minimum absolute atomic E-state index is 0.0434. The first-order valence-corrected chi connectivity index (χ1v) is 10.4. The van der Waals surface area contributed by atoms with E-state index in [1.165, 1.54) is 19.3 Å². The van der Waals surface area contributed by atoms with Crippen molar-refractivity contribution in [1.82, 2.24) is 19.6 Å². The zero-order valence-electron chi connectivity index (χ0n) is 16.9. The second-order valence-corrected chi connectivity index (χ2v) is 7.95. The summed E-state index contributed by atoms with van der Waals surface area (Å²) in [5, 5.41) is 7.69. The summed E-state index contributed by atoms with van der Waals surface area (Å²) >= 11 is 0. The maximum absolute atomic E-state index is 13.0. The Hall–Kier alpha value is -2.05. The van der Waals surface area contributed by atoms with Crippen molar-refractivity contribution in [3.05, 3.63) is 11.8 Å². The lowest BCUT2D eigenvalue weighted by Gasteiger charge is -2.39. The molecular weight excluding hydrogens is 342 g/mol. The topological polar surface area (TPSA) is 70.5 Å². The highest BCUT2D eigenvalue weighted by Crippen LogP contribution is 2.31. The van der Waals surface area contributed by atoms with Gasteiger partial charge in [0.25, 0.3) is 0 Å². The van der Waals surface area contributed by atoms with E-state index in [4.69, 9.17) is 0 Å². The summed E-state index contributed by atoms with van der Waals surface area (Å²) in [6.45, 7) is 5.21. The van der Waals surface area contributed by atoms with E-state index in [9.17, 15) is 9.59 Å². The quantitative estimate of drug-likeness (QED) is 0.855. The first-order chi connectivity index (χ1) is 13.0. The van der Waals surface area contributed by atoms with Crippen molar-refractivity contribution in [1.29, 1.82) is 0 Å². The summed E-state index contributed by atoms with van der Waals surface area (Å²) in [7, 11) is 1.82. The lowest BCUT2D eigenvalue weighted by molar-refractivity contribution is -0.138. The molecule has 1 atom stereocenters. The van der Waals surface area contributed by atoms with Crippen LogP contribution in [0.4, 0.5) is 10.6 Å². The van der Waals surface area contributed by atoms with E-state index in [-0.39, 0.29) is 18.0 Å². The molecule has 3 amide bonds. The Bertz CT molecular complexity index is 665. The number of nitrogens with one attached hydrogen (secondary N) is 1. The number of likely N-dealkylation sites (N-methyl/N-ethyl adjacent to an activating group) is 1. The van der Waals surface area contributed by atoms with Crippen molar-refractivity contribution < 1.29 is 9.59 Å². The third-order valence-corrected chi connectivity index (χ3v) is 5.82. The summed E-state index contributed by atoms with van der Waals surface area (Å²) < 4.78 is 1.99. The lowest BCUT2D eigenvalue weighted by atomic mass is 9.96. The maximum Gasteiger partial charge on any atom is 0.323 e. The molecule has 0 bridgehead atoms. The Morgan fingerprint density at radius 2 is 2.00 bits per heavy atom. The van der Waals surface area contributed by atoms with E-state index < -0.39 is 0 Å². The van der Waals surface area contributed by atoms with Gasteiger partial charge in [0.2, 0.25) is 5.91 Å². The summed E-state index contributed by atoms with van der Waals surface area (Å²) in [4.78, 5) is 29.1. The molecule has 150 valence electrons. The van der Waals surface area contributed by atoms with Crippen molar-refractivity contribution in [2.24, 2.45) is 0 Å². The molecule has 27 heavy (non-hydrogen) atoms. The smallest absolute Gasteiger partial charge is 0.323 e. The minimum atomic E-state index is -0.365. The molecule has 1 saturated heterocycles. The van der Waals surface area contributed by atoms with Gasteiger partial charge in [-0.05, 0) is 26.2 Å². The molecular formula is C20H33N5O2. The lowest BCUT2D eigenvalue weighted by Crippen LogP contribution is -2.58. The SMILES string of the molecule is CCCC[C@H]1C(=O)N(C)CCN1C(=O)Nc1cc(C)nn1C1CCCCC1. The first-order valence-electron chi connectivity index (χ1n) is 10.4. The van der Waals surface area contributed by atoms with Crippen LogP contribution in [0.5, 0.6) is 0 Å². The van der Waals surface area contributed by atoms with Crippen molar-refractivity contribution in [3.63, 3.8) is 0 Å². The van der Waals surface area contributed by atoms with E-state index in [1.54, 1.807) is 9.80 Å². The molecule has 1 aliphatic carbocycles. The van der Waals surface area contributed by atoms with Gasteiger partial charge in [-0.2, -0.15) is 5.10 Å². The molecule has 2 fully saturated rings. The number of urea groups is 1. The van der Waals surface area contributed by atoms with Crippen molar-refractivity contribution >= 4 is 17.8 Å². The normalized spacial score (nSPS) is 21.6. The minimum Gasteiger partial charge on any atom is -0.342 e. The Morgan fingerprint density at radius 3 is 2.70 bits per heavy atom. The molecule has 7 nitrogen and oxygen atoms in total. The van der Waals surface area contributed by atoms with Crippen LogP contribution in [0.3, 0.4) is 0 Å². The van der Waals surface area contributed by atoms with E-state index in [2.05, 4.69) is 17.3 Å². The molecule has 2 heterocycles. The zero-order valence-corrected chi connectivity index (χ0v) is 16.9. The standard InChI is InChI=1S/C20H33N5O2/c1-4-5-11-17-19(26)23(3)12-13-24(17)20(27)21-18-14-15(2)22-25(18)16-9-7-6-8-10-16/h14,16-17H,4-13H2,1-3H3,(H,21,27)/t17-/m0/s1. The van der Waals surface area contributed by atoms with E-state index in [0.29, 0.717) is 25.6 Å². The van der Waals surface area contributed by atoms with Crippen LogP contribution in [0.2, 0.25) is 0 Å². The average molecular weight is 376 g/mol. The van der Waals surface area contributed by atoms with Gasteiger partial charge in [0.1, 0.15) is 11.9 Å². The Balaban J connectivity index is 1.74. The molecule has 1 saturated carbocycles. The van der Waals surface area contributed by atoms with Crippen LogP contribution in [-0.2, 0) is 4.79 Å². The van der Waals surface area contributed by atoms with Crippen LogP contribution in [-0.4, -0.2) is 57.7 Å². The van der Waals surface area contributed by atoms with E-state index in [0.717, 1.165) is 37.2 Å². The van der Waals surface area contributed by atoms with Gasteiger partial charge in [-0.15, -0.1) is 0 Å². The number of aromatic nitrogens is 2. The Morgan fingerprint density at radius 1 is 1.26 bits per heavy atom. The largest absolute Gasteiger partial charge is 0.342 e. The fourth-order valence-corrected chi connectivity index (χ4v) is 4.23. The molecule has 2 aliphatic rings. The average Bonchev–Trinajstić information content (AvgIpc) is 3.03. The molecule has 1 N–H and O–H groups in total. The summed E-state index contributed by atoms with van der Waals surface area (Å²) in [5.74, 6) is 0.798. The fourth-order valence-electron chi connectivity index (χ4n) is 4.23. The number of carbonyl (C=O) groups excluding carboxylic acids is 2. The highest BCUT2D eigenvalue weighted by Gasteiger charge is 2.36. The van der Waals surface area contributed by atoms with E-state index in [1.807, 2.05) is 24.7 Å². The number of hydrogen-bond donors (Lipinski definition) is 1. The number of hydrogen-bond acceptors (Lipinski definition) is 3. The highest BCUT2D eigenvalue weighted by atomic mass is 16.2. The zero-order chi connectivity index (χ0) is 19.4. The summed E-state index contributed by atoms with van der Waals surface area (Å²) in [6, 6.07) is 1.74. The number of amides is 3. The fraction of sp³-hybridized carbons (Fsp3) is 0.750.